The van der Waals surface area contributed by atoms with E-state index in [1.165, 1.54) is 77.6 Å². The van der Waals surface area contributed by atoms with E-state index in [2.05, 4.69) is 132 Å². The van der Waals surface area contributed by atoms with Gasteiger partial charge in [0.2, 0.25) is 0 Å². The fraction of sp³-hybridized carbons (Fsp3) is 0.0769. The molecule has 4 aliphatic rings. The Labute approximate surface area is 238 Å². The molecule has 0 amide bonds. The largest absolute Gasteiger partial charge is 0.488 e. The number of rotatable bonds is 2. The van der Waals surface area contributed by atoms with E-state index in [0.29, 0.717) is 6.61 Å². The summed E-state index contributed by atoms with van der Waals surface area (Å²) in [6.45, 7) is 0.652. The van der Waals surface area contributed by atoms with Crippen molar-refractivity contribution < 1.29 is 4.74 Å². The second-order valence-corrected chi connectivity index (χ2v) is 11.7. The molecule has 0 N–H and O–H groups in total. The van der Waals surface area contributed by atoms with Crippen molar-refractivity contribution in [2.75, 3.05) is 6.61 Å². The van der Waals surface area contributed by atoms with Gasteiger partial charge in [0.1, 0.15) is 12.4 Å². The van der Waals surface area contributed by atoms with Crippen molar-refractivity contribution >= 4 is 33.3 Å². The Morgan fingerprint density at radius 1 is 0.683 bits per heavy atom. The molecule has 41 heavy (non-hydrogen) atoms. The third-order valence-corrected chi connectivity index (χ3v) is 9.69. The van der Waals surface area contributed by atoms with Gasteiger partial charge in [0.15, 0.2) is 0 Å². The summed E-state index contributed by atoms with van der Waals surface area (Å²) in [5.74, 6) is 1.01. The summed E-state index contributed by atoms with van der Waals surface area (Å²) in [5.41, 5.74) is 14.2. The highest BCUT2D eigenvalue weighted by Crippen LogP contribution is 2.61. The number of hydrogen-bond donors (Lipinski definition) is 0. The standard InChI is InChI=1S/C39H25NO/c1-2-8-24(9-3-1)27-16-17-28(30-11-5-4-10-29(27)30)25-15-18-33-32(22-25)31-12-7-20-39-21-19-26-23-41-35-14-6-13-34(36(35)37(26)39)40(33)38(31)39/h1-19,21-22H,20,23H2. The quantitative estimate of drug-likeness (QED) is 0.220. The number of benzene rings is 5. The van der Waals surface area contributed by atoms with E-state index in [9.17, 15) is 0 Å². The SMILES string of the molecule is C1=Cc2c3n(c4ccc(-c5ccc(-c6ccccc6)c6ccccc56)cc24)-c2cccc4c2C2=C(C=CC23C1)CO4. The smallest absolute Gasteiger partial charge is 0.129 e. The molecule has 10 rings (SSSR count). The van der Waals surface area contributed by atoms with Gasteiger partial charge in [-0.15, -0.1) is 0 Å². The van der Waals surface area contributed by atoms with E-state index in [1.54, 1.807) is 0 Å². The molecular formula is C39H25NO. The number of aromatic nitrogens is 1. The number of ether oxygens (including phenoxy) is 1. The van der Waals surface area contributed by atoms with Gasteiger partial charge in [0.05, 0.1) is 16.6 Å². The van der Waals surface area contributed by atoms with Crippen LogP contribution in [0.2, 0.25) is 0 Å². The van der Waals surface area contributed by atoms with Gasteiger partial charge in [-0.1, -0.05) is 103 Å². The van der Waals surface area contributed by atoms with Crippen molar-refractivity contribution in [3.63, 3.8) is 0 Å². The zero-order valence-electron chi connectivity index (χ0n) is 22.4. The molecule has 0 saturated carbocycles. The fourth-order valence-electron chi connectivity index (χ4n) is 8.02. The molecule has 0 saturated heterocycles. The highest BCUT2D eigenvalue weighted by molar-refractivity contribution is 6.08. The Hall–Kier alpha value is -5.08. The van der Waals surface area contributed by atoms with E-state index < -0.39 is 0 Å². The van der Waals surface area contributed by atoms with Gasteiger partial charge in [-0.25, -0.2) is 0 Å². The number of allylic oxidation sites excluding steroid dienone is 3. The number of nitrogens with zero attached hydrogens (tertiary/aromatic N) is 1. The highest BCUT2D eigenvalue weighted by Gasteiger charge is 2.50. The van der Waals surface area contributed by atoms with Gasteiger partial charge in [-0.2, -0.15) is 0 Å². The maximum Gasteiger partial charge on any atom is 0.129 e. The van der Waals surface area contributed by atoms with E-state index in [4.69, 9.17) is 4.74 Å². The van der Waals surface area contributed by atoms with Crippen LogP contribution in [0.1, 0.15) is 23.2 Å². The van der Waals surface area contributed by atoms with Crippen LogP contribution in [0, 0.1) is 0 Å². The van der Waals surface area contributed by atoms with Crippen LogP contribution in [0.15, 0.2) is 127 Å². The second-order valence-electron chi connectivity index (χ2n) is 11.7. The third-order valence-electron chi connectivity index (χ3n) is 9.69. The first-order valence-corrected chi connectivity index (χ1v) is 14.4. The predicted octanol–water partition coefficient (Wildman–Crippen LogP) is 9.50. The van der Waals surface area contributed by atoms with Gasteiger partial charge < -0.3 is 9.30 Å². The van der Waals surface area contributed by atoms with Gasteiger partial charge >= 0.3 is 0 Å². The molecule has 0 fully saturated rings. The van der Waals surface area contributed by atoms with E-state index >= 15 is 0 Å². The van der Waals surface area contributed by atoms with Crippen LogP contribution in [0.3, 0.4) is 0 Å². The highest BCUT2D eigenvalue weighted by atomic mass is 16.5. The number of hydrogen-bond acceptors (Lipinski definition) is 1. The molecule has 3 heterocycles. The Balaban J connectivity index is 1.25. The summed E-state index contributed by atoms with van der Waals surface area (Å²) in [4.78, 5) is 0. The van der Waals surface area contributed by atoms with Crippen molar-refractivity contribution in [2.45, 2.75) is 11.8 Å². The molecule has 1 unspecified atom stereocenters. The van der Waals surface area contributed by atoms with Gasteiger partial charge in [-0.3, -0.25) is 0 Å². The molecule has 1 spiro atoms. The van der Waals surface area contributed by atoms with Crippen molar-refractivity contribution in [3.05, 3.63) is 144 Å². The molecule has 2 aliphatic heterocycles. The number of fused-ring (bicyclic) bond motifs is 5. The lowest BCUT2D eigenvalue weighted by Gasteiger charge is -2.42. The van der Waals surface area contributed by atoms with Crippen molar-refractivity contribution in [2.24, 2.45) is 0 Å². The molecule has 1 atom stereocenters. The average Bonchev–Trinajstić information content (AvgIpc) is 3.58. The van der Waals surface area contributed by atoms with Crippen molar-refractivity contribution in [1.29, 1.82) is 0 Å². The lowest BCUT2D eigenvalue weighted by atomic mass is 9.67. The third kappa shape index (κ3) is 2.63. The maximum absolute atomic E-state index is 6.26. The molecule has 2 heteroatoms. The monoisotopic (exact) mass is 523 g/mol. The maximum atomic E-state index is 6.26. The molecule has 1 aromatic heterocycles. The topological polar surface area (TPSA) is 14.2 Å². The summed E-state index contributed by atoms with van der Waals surface area (Å²) in [7, 11) is 0. The Kier molecular flexibility index (Phi) is 4.00. The molecule has 2 aliphatic carbocycles. The molecule has 0 bridgehead atoms. The molecule has 5 aromatic carbocycles. The normalized spacial score (nSPS) is 19.0. The zero-order valence-corrected chi connectivity index (χ0v) is 22.4. The first-order valence-electron chi connectivity index (χ1n) is 14.4. The van der Waals surface area contributed by atoms with E-state index in [-0.39, 0.29) is 5.41 Å². The lowest BCUT2D eigenvalue weighted by Crippen LogP contribution is -2.34. The van der Waals surface area contributed by atoms with E-state index in [1.807, 2.05) is 0 Å². The van der Waals surface area contributed by atoms with Gasteiger partial charge in [0, 0.05) is 22.2 Å². The van der Waals surface area contributed by atoms with Crippen molar-refractivity contribution in [1.82, 2.24) is 4.57 Å². The van der Waals surface area contributed by atoms with Gasteiger partial charge in [0.25, 0.3) is 0 Å². The fourth-order valence-corrected chi connectivity index (χ4v) is 8.02. The Morgan fingerprint density at radius 2 is 1.49 bits per heavy atom. The summed E-state index contributed by atoms with van der Waals surface area (Å²) in [6, 6.07) is 37.7. The first-order chi connectivity index (χ1) is 20.3. The Bertz CT molecular complexity index is 2230. The first kappa shape index (κ1) is 21.7. The average molecular weight is 524 g/mol. The van der Waals surface area contributed by atoms with Crippen LogP contribution >= 0.6 is 0 Å². The Morgan fingerprint density at radius 3 is 2.34 bits per heavy atom. The molecule has 6 aromatic rings. The zero-order chi connectivity index (χ0) is 26.7. The predicted molar refractivity (Wildman–Crippen MR) is 169 cm³/mol. The minimum absolute atomic E-state index is 0.129. The molecule has 2 nitrogen and oxygen atoms in total. The van der Waals surface area contributed by atoms with Crippen molar-refractivity contribution in [3.8, 4) is 33.7 Å². The van der Waals surface area contributed by atoms with Crippen LogP contribution in [0.25, 0.3) is 61.3 Å². The summed E-state index contributed by atoms with van der Waals surface area (Å²) in [5, 5.41) is 3.87. The minimum atomic E-state index is -0.129. The summed E-state index contributed by atoms with van der Waals surface area (Å²) in [6.07, 6.45) is 10.5. The molecule has 0 radical (unpaired) electrons. The lowest BCUT2D eigenvalue weighted by molar-refractivity contribution is 0.347. The summed E-state index contributed by atoms with van der Waals surface area (Å²) >= 11 is 0. The van der Waals surface area contributed by atoms with Crippen LogP contribution in [0.5, 0.6) is 5.75 Å². The van der Waals surface area contributed by atoms with E-state index in [0.717, 1.165) is 12.2 Å². The molecule has 192 valence electrons. The van der Waals surface area contributed by atoms with Crippen LogP contribution in [-0.2, 0) is 5.41 Å². The summed E-state index contributed by atoms with van der Waals surface area (Å²) < 4.78 is 8.79. The minimum Gasteiger partial charge on any atom is -0.488 e. The van der Waals surface area contributed by atoms with Crippen LogP contribution in [-0.4, -0.2) is 11.2 Å². The van der Waals surface area contributed by atoms with Crippen LogP contribution < -0.4 is 4.74 Å². The molecular weight excluding hydrogens is 498 g/mol. The second kappa shape index (κ2) is 7.56. The van der Waals surface area contributed by atoms with Crippen LogP contribution in [0.4, 0.5) is 0 Å². The van der Waals surface area contributed by atoms with Gasteiger partial charge in [-0.05, 0) is 74.9 Å².